The Balaban J connectivity index is 0.000000268. The zero-order chi connectivity index (χ0) is 16.5. The highest BCUT2D eigenvalue weighted by Gasteiger charge is 2.28. The van der Waals surface area contributed by atoms with Crippen molar-refractivity contribution in [1.82, 2.24) is 0 Å². The number of aliphatic carboxylic acids is 1. The van der Waals surface area contributed by atoms with E-state index in [0.717, 1.165) is 29.8 Å². The van der Waals surface area contributed by atoms with Crippen LogP contribution in [0.2, 0.25) is 0 Å². The number of anilines is 1. The van der Waals surface area contributed by atoms with Crippen LogP contribution in [0.4, 0.5) is 5.69 Å². The lowest BCUT2D eigenvalue weighted by Crippen LogP contribution is -2.26. The summed E-state index contributed by atoms with van der Waals surface area (Å²) < 4.78 is 5.68. The summed E-state index contributed by atoms with van der Waals surface area (Å²) in [6.45, 7) is 2.80. The third-order valence-electron chi connectivity index (χ3n) is 3.59. The van der Waals surface area contributed by atoms with Crippen LogP contribution in [-0.2, 0) is 11.2 Å². The van der Waals surface area contributed by atoms with Gasteiger partial charge in [0.25, 0.3) is 0 Å². The second kappa shape index (κ2) is 8.83. The zero-order valence-corrected chi connectivity index (χ0v) is 13.4. The monoisotopic (exact) mass is 313 g/mol. The van der Waals surface area contributed by atoms with Crippen LogP contribution in [0.5, 0.6) is 5.75 Å². The number of ether oxygens (including phenoxy) is 1. The van der Waals surface area contributed by atoms with E-state index >= 15 is 0 Å². The van der Waals surface area contributed by atoms with Crippen LogP contribution in [0, 0.1) is 0 Å². The molecule has 0 amide bonds. The molecule has 0 saturated carbocycles. The minimum absolute atomic E-state index is 0.493. The maximum Gasteiger partial charge on any atom is 0.326 e. The van der Waals surface area contributed by atoms with Gasteiger partial charge in [-0.3, -0.25) is 0 Å². The summed E-state index contributed by atoms with van der Waals surface area (Å²) in [5, 5.41) is 12.0. The van der Waals surface area contributed by atoms with Crippen LogP contribution in [0.15, 0.2) is 54.6 Å². The fourth-order valence-electron chi connectivity index (χ4n) is 2.35. The Morgan fingerprint density at radius 1 is 1.17 bits per heavy atom. The minimum atomic E-state index is -0.819. The molecule has 1 aliphatic rings. The van der Waals surface area contributed by atoms with E-state index < -0.39 is 12.0 Å². The second-order valence-corrected chi connectivity index (χ2v) is 5.38. The van der Waals surface area contributed by atoms with Crippen molar-refractivity contribution >= 4 is 11.7 Å². The zero-order valence-electron chi connectivity index (χ0n) is 13.4. The SMILES string of the molecule is CCCCOc1cccc2c1CC(C(=O)O)N2.c1ccccc1. The number of rotatable bonds is 5. The first-order valence-corrected chi connectivity index (χ1v) is 7.96. The molecule has 2 N–H and O–H groups in total. The molecule has 3 rings (SSSR count). The summed E-state index contributed by atoms with van der Waals surface area (Å²) in [6.07, 6.45) is 2.59. The molecule has 1 aliphatic heterocycles. The van der Waals surface area contributed by atoms with Crippen molar-refractivity contribution in [3.63, 3.8) is 0 Å². The molecule has 1 heterocycles. The number of fused-ring (bicyclic) bond motifs is 1. The topological polar surface area (TPSA) is 58.6 Å². The molecule has 23 heavy (non-hydrogen) atoms. The van der Waals surface area contributed by atoms with Gasteiger partial charge >= 0.3 is 5.97 Å². The Kier molecular flexibility index (Phi) is 6.48. The molecular formula is C19H23NO3. The van der Waals surface area contributed by atoms with E-state index in [0.29, 0.717) is 13.0 Å². The number of unbranched alkanes of at least 4 members (excludes halogenated alkanes) is 1. The van der Waals surface area contributed by atoms with Crippen LogP contribution < -0.4 is 10.1 Å². The summed E-state index contributed by atoms with van der Waals surface area (Å²) in [5.41, 5.74) is 1.86. The van der Waals surface area contributed by atoms with E-state index in [1.807, 2.05) is 54.6 Å². The maximum atomic E-state index is 10.9. The molecule has 0 spiro atoms. The number of nitrogens with one attached hydrogen (secondary N) is 1. The standard InChI is InChI=1S/C13H17NO3.C6H6/c1-2-3-7-17-12-6-4-5-10-9(12)8-11(14-10)13(15)16;1-2-4-6-5-3-1/h4-6,11,14H,2-3,7-8H2,1H3,(H,15,16);1-6H. The first-order chi connectivity index (χ1) is 11.2. The van der Waals surface area contributed by atoms with Crippen molar-refractivity contribution in [2.45, 2.75) is 32.2 Å². The van der Waals surface area contributed by atoms with Crippen LogP contribution in [0.1, 0.15) is 25.3 Å². The lowest BCUT2D eigenvalue weighted by molar-refractivity contribution is -0.137. The molecule has 4 nitrogen and oxygen atoms in total. The molecule has 0 bridgehead atoms. The Hall–Kier alpha value is -2.49. The third kappa shape index (κ3) is 5.02. The smallest absolute Gasteiger partial charge is 0.326 e. The highest BCUT2D eigenvalue weighted by Crippen LogP contribution is 2.33. The van der Waals surface area contributed by atoms with Gasteiger partial charge in [0.2, 0.25) is 0 Å². The highest BCUT2D eigenvalue weighted by atomic mass is 16.5. The van der Waals surface area contributed by atoms with Gasteiger partial charge in [0, 0.05) is 17.7 Å². The fraction of sp³-hybridized carbons (Fsp3) is 0.316. The summed E-state index contributed by atoms with van der Waals surface area (Å²) in [5.74, 6) is -0.00657. The molecule has 1 atom stereocenters. The second-order valence-electron chi connectivity index (χ2n) is 5.38. The Bertz CT molecular complexity index is 587. The van der Waals surface area contributed by atoms with Crippen molar-refractivity contribution in [3.8, 4) is 5.75 Å². The Labute approximate surface area is 137 Å². The summed E-state index contributed by atoms with van der Waals surface area (Å²) in [4.78, 5) is 10.9. The van der Waals surface area contributed by atoms with Crippen LogP contribution in [0.3, 0.4) is 0 Å². The first-order valence-electron chi connectivity index (χ1n) is 7.96. The fourth-order valence-corrected chi connectivity index (χ4v) is 2.35. The van der Waals surface area contributed by atoms with Gasteiger partial charge in [0.05, 0.1) is 6.61 Å². The van der Waals surface area contributed by atoms with Crippen LogP contribution in [-0.4, -0.2) is 23.7 Å². The van der Waals surface area contributed by atoms with E-state index in [1.165, 1.54) is 0 Å². The summed E-state index contributed by atoms with van der Waals surface area (Å²) in [6, 6.07) is 17.2. The lowest BCUT2D eigenvalue weighted by Gasteiger charge is -2.09. The van der Waals surface area contributed by atoms with Crippen molar-refractivity contribution in [2.75, 3.05) is 11.9 Å². The Morgan fingerprint density at radius 2 is 1.83 bits per heavy atom. The van der Waals surface area contributed by atoms with Crippen molar-refractivity contribution in [2.24, 2.45) is 0 Å². The molecule has 0 saturated heterocycles. The first kappa shape index (κ1) is 16.9. The third-order valence-corrected chi connectivity index (χ3v) is 3.59. The van der Waals surface area contributed by atoms with E-state index in [4.69, 9.17) is 9.84 Å². The predicted octanol–water partition coefficient (Wildman–Crippen LogP) is 3.97. The van der Waals surface area contributed by atoms with Crippen molar-refractivity contribution in [3.05, 3.63) is 60.2 Å². The molecule has 2 aromatic carbocycles. The number of carbonyl (C=O) groups is 1. The summed E-state index contributed by atoms with van der Waals surface area (Å²) >= 11 is 0. The normalized spacial score (nSPS) is 14.9. The van der Waals surface area contributed by atoms with Gasteiger partial charge in [-0.1, -0.05) is 55.8 Å². The number of benzene rings is 2. The van der Waals surface area contributed by atoms with Gasteiger partial charge in [-0.25, -0.2) is 4.79 Å². The van der Waals surface area contributed by atoms with Gasteiger partial charge in [-0.15, -0.1) is 0 Å². The average Bonchev–Trinajstić information content (AvgIpc) is 3.03. The number of hydrogen-bond donors (Lipinski definition) is 2. The molecule has 4 heteroatoms. The highest BCUT2D eigenvalue weighted by molar-refractivity contribution is 5.82. The van der Waals surface area contributed by atoms with Gasteiger partial charge in [0.1, 0.15) is 11.8 Å². The number of carboxylic acid groups (broad SMARTS) is 1. The molecule has 122 valence electrons. The van der Waals surface area contributed by atoms with Crippen molar-refractivity contribution < 1.29 is 14.6 Å². The Morgan fingerprint density at radius 3 is 2.39 bits per heavy atom. The molecule has 0 radical (unpaired) electrons. The van der Waals surface area contributed by atoms with Crippen LogP contribution in [0.25, 0.3) is 0 Å². The van der Waals surface area contributed by atoms with E-state index in [9.17, 15) is 4.79 Å². The van der Waals surface area contributed by atoms with Crippen molar-refractivity contribution in [1.29, 1.82) is 0 Å². The van der Waals surface area contributed by atoms with Gasteiger partial charge in [-0.05, 0) is 18.6 Å². The molecule has 0 aliphatic carbocycles. The van der Waals surface area contributed by atoms with Crippen LogP contribution >= 0.6 is 0 Å². The molecule has 1 unspecified atom stereocenters. The minimum Gasteiger partial charge on any atom is -0.493 e. The molecule has 2 aromatic rings. The average molecular weight is 313 g/mol. The van der Waals surface area contributed by atoms with E-state index in [-0.39, 0.29) is 0 Å². The van der Waals surface area contributed by atoms with E-state index in [1.54, 1.807) is 0 Å². The quantitative estimate of drug-likeness (QED) is 0.820. The molecule has 0 fully saturated rings. The predicted molar refractivity (Wildman–Crippen MR) is 92.0 cm³/mol. The molecular weight excluding hydrogens is 290 g/mol. The number of hydrogen-bond acceptors (Lipinski definition) is 3. The van der Waals surface area contributed by atoms with E-state index in [2.05, 4.69) is 12.2 Å². The maximum absolute atomic E-state index is 10.9. The summed E-state index contributed by atoms with van der Waals surface area (Å²) in [7, 11) is 0. The molecule has 0 aromatic heterocycles. The lowest BCUT2D eigenvalue weighted by atomic mass is 10.1. The largest absolute Gasteiger partial charge is 0.493 e. The number of carboxylic acids is 1. The van der Waals surface area contributed by atoms with Gasteiger partial charge < -0.3 is 15.2 Å². The van der Waals surface area contributed by atoms with Gasteiger partial charge in [-0.2, -0.15) is 0 Å². The van der Waals surface area contributed by atoms with Gasteiger partial charge in [0.15, 0.2) is 0 Å².